The summed E-state index contributed by atoms with van der Waals surface area (Å²) in [4.78, 5) is 0. The molecule has 0 aliphatic heterocycles. The van der Waals surface area contributed by atoms with Crippen LogP contribution in [-0.4, -0.2) is 25.9 Å². The molecule has 0 spiro atoms. The molecular formula is C13H15NO3S2. The molecule has 2 aromatic rings. The molecule has 1 heterocycles. The van der Waals surface area contributed by atoms with E-state index >= 15 is 0 Å². The number of hydrogen-bond acceptors (Lipinski definition) is 5. The van der Waals surface area contributed by atoms with Crippen molar-refractivity contribution in [1.82, 2.24) is 4.57 Å². The van der Waals surface area contributed by atoms with Gasteiger partial charge in [0.15, 0.2) is 15.5 Å². The van der Waals surface area contributed by atoms with Crippen LogP contribution < -0.4 is 14.2 Å². The van der Waals surface area contributed by atoms with Crippen molar-refractivity contribution in [3.8, 4) is 28.5 Å². The van der Waals surface area contributed by atoms with Crippen LogP contribution in [0.1, 0.15) is 0 Å². The van der Waals surface area contributed by atoms with E-state index in [1.807, 2.05) is 29.1 Å². The van der Waals surface area contributed by atoms with E-state index in [-0.39, 0.29) is 0 Å². The number of thiazole rings is 1. The van der Waals surface area contributed by atoms with Gasteiger partial charge in [-0.05, 0) is 24.4 Å². The standard InChI is InChI=1S/C13H15NO3S2/c1-14-9(7-19-13(14)18)8-5-10(15-2)12(17-4)11(6-8)16-3/h5-7H,1-4H3. The van der Waals surface area contributed by atoms with Gasteiger partial charge in [0.1, 0.15) is 0 Å². The van der Waals surface area contributed by atoms with Crippen LogP contribution in [0.4, 0.5) is 0 Å². The summed E-state index contributed by atoms with van der Waals surface area (Å²) in [6, 6.07) is 3.83. The van der Waals surface area contributed by atoms with Crippen molar-refractivity contribution >= 4 is 23.6 Å². The Morgan fingerprint density at radius 3 is 2.00 bits per heavy atom. The third kappa shape index (κ3) is 2.46. The van der Waals surface area contributed by atoms with Crippen LogP contribution in [0.2, 0.25) is 0 Å². The molecule has 0 amide bonds. The Kier molecular flexibility index (Phi) is 4.11. The minimum atomic E-state index is 0.588. The van der Waals surface area contributed by atoms with E-state index in [0.29, 0.717) is 17.2 Å². The van der Waals surface area contributed by atoms with Gasteiger partial charge in [0.05, 0.1) is 27.0 Å². The van der Waals surface area contributed by atoms with E-state index in [2.05, 4.69) is 0 Å². The van der Waals surface area contributed by atoms with Crippen molar-refractivity contribution in [3.63, 3.8) is 0 Å². The lowest BCUT2D eigenvalue weighted by atomic mass is 10.1. The van der Waals surface area contributed by atoms with Gasteiger partial charge in [-0.15, -0.1) is 11.3 Å². The zero-order chi connectivity index (χ0) is 14.0. The quantitative estimate of drug-likeness (QED) is 0.809. The minimum Gasteiger partial charge on any atom is -0.493 e. The van der Waals surface area contributed by atoms with Gasteiger partial charge in [0, 0.05) is 18.0 Å². The highest BCUT2D eigenvalue weighted by Crippen LogP contribution is 2.41. The number of benzene rings is 1. The largest absolute Gasteiger partial charge is 0.493 e. The summed E-state index contributed by atoms with van der Waals surface area (Å²) in [6.45, 7) is 0. The van der Waals surface area contributed by atoms with E-state index < -0.39 is 0 Å². The van der Waals surface area contributed by atoms with Gasteiger partial charge in [0.2, 0.25) is 5.75 Å². The Balaban J connectivity index is 2.65. The Labute approximate surface area is 121 Å². The fourth-order valence-corrected chi connectivity index (χ4v) is 2.86. The molecular weight excluding hydrogens is 282 g/mol. The zero-order valence-corrected chi connectivity index (χ0v) is 12.9. The highest BCUT2D eigenvalue weighted by Gasteiger charge is 2.15. The lowest BCUT2D eigenvalue weighted by Gasteiger charge is -2.14. The highest BCUT2D eigenvalue weighted by molar-refractivity contribution is 7.73. The van der Waals surface area contributed by atoms with Gasteiger partial charge in [-0.1, -0.05) is 0 Å². The Hall–Kier alpha value is -1.53. The Bertz CT molecular complexity index is 621. The summed E-state index contributed by atoms with van der Waals surface area (Å²) in [6.07, 6.45) is 0. The summed E-state index contributed by atoms with van der Waals surface area (Å²) in [5.41, 5.74) is 2.00. The summed E-state index contributed by atoms with van der Waals surface area (Å²) < 4.78 is 18.8. The maximum atomic E-state index is 5.35. The Morgan fingerprint density at radius 1 is 1.05 bits per heavy atom. The van der Waals surface area contributed by atoms with Gasteiger partial charge in [-0.3, -0.25) is 0 Å². The van der Waals surface area contributed by atoms with Gasteiger partial charge in [0.25, 0.3) is 0 Å². The summed E-state index contributed by atoms with van der Waals surface area (Å²) in [5.74, 6) is 1.85. The molecule has 0 fully saturated rings. The summed E-state index contributed by atoms with van der Waals surface area (Å²) in [7, 11) is 6.74. The second-order valence-corrected chi connectivity index (χ2v) is 5.36. The Morgan fingerprint density at radius 2 is 1.63 bits per heavy atom. The lowest BCUT2D eigenvalue weighted by Crippen LogP contribution is -1.97. The molecule has 0 bridgehead atoms. The fourth-order valence-electron chi connectivity index (χ4n) is 1.85. The van der Waals surface area contributed by atoms with Crippen molar-refractivity contribution in [2.24, 2.45) is 7.05 Å². The molecule has 0 saturated heterocycles. The van der Waals surface area contributed by atoms with Crippen LogP contribution in [0.5, 0.6) is 17.2 Å². The molecule has 0 unspecified atom stereocenters. The van der Waals surface area contributed by atoms with E-state index in [1.165, 1.54) is 11.3 Å². The first-order valence-electron chi connectivity index (χ1n) is 5.57. The third-order valence-electron chi connectivity index (χ3n) is 2.87. The molecule has 4 nitrogen and oxygen atoms in total. The molecule has 0 saturated carbocycles. The fraction of sp³-hybridized carbons (Fsp3) is 0.308. The van der Waals surface area contributed by atoms with Crippen LogP contribution in [0.3, 0.4) is 0 Å². The molecule has 2 rings (SSSR count). The average molecular weight is 297 g/mol. The van der Waals surface area contributed by atoms with Crippen molar-refractivity contribution in [1.29, 1.82) is 0 Å². The van der Waals surface area contributed by atoms with Crippen molar-refractivity contribution in [3.05, 3.63) is 21.5 Å². The molecule has 6 heteroatoms. The molecule has 0 aliphatic rings. The van der Waals surface area contributed by atoms with E-state index in [0.717, 1.165) is 15.2 Å². The normalized spacial score (nSPS) is 10.3. The number of rotatable bonds is 4. The second-order valence-electron chi connectivity index (χ2n) is 3.86. The predicted octanol–water partition coefficient (Wildman–Crippen LogP) is 3.51. The molecule has 1 aromatic heterocycles. The number of nitrogens with zero attached hydrogens (tertiary/aromatic N) is 1. The maximum Gasteiger partial charge on any atom is 0.203 e. The topological polar surface area (TPSA) is 32.6 Å². The number of aromatic nitrogens is 1. The lowest BCUT2D eigenvalue weighted by molar-refractivity contribution is 0.324. The van der Waals surface area contributed by atoms with E-state index in [4.69, 9.17) is 26.4 Å². The second kappa shape index (κ2) is 5.63. The summed E-state index contributed by atoms with van der Waals surface area (Å²) >= 11 is 6.77. The van der Waals surface area contributed by atoms with Crippen LogP contribution in [0.25, 0.3) is 11.3 Å². The van der Waals surface area contributed by atoms with E-state index in [9.17, 15) is 0 Å². The zero-order valence-electron chi connectivity index (χ0n) is 11.2. The van der Waals surface area contributed by atoms with Crippen molar-refractivity contribution in [2.45, 2.75) is 0 Å². The number of ether oxygens (including phenoxy) is 3. The first-order chi connectivity index (χ1) is 9.12. The first-order valence-corrected chi connectivity index (χ1v) is 6.86. The number of hydrogen-bond donors (Lipinski definition) is 0. The maximum absolute atomic E-state index is 5.35. The van der Waals surface area contributed by atoms with Crippen LogP contribution in [0.15, 0.2) is 17.5 Å². The van der Waals surface area contributed by atoms with Crippen LogP contribution in [0, 0.1) is 3.95 Å². The van der Waals surface area contributed by atoms with Gasteiger partial charge in [-0.25, -0.2) is 0 Å². The molecule has 1 aromatic carbocycles. The van der Waals surface area contributed by atoms with Crippen LogP contribution in [-0.2, 0) is 7.05 Å². The van der Waals surface area contributed by atoms with Gasteiger partial charge in [-0.2, -0.15) is 0 Å². The molecule has 0 aliphatic carbocycles. The summed E-state index contributed by atoms with van der Waals surface area (Å²) in [5, 5.41) is 2.02. The van der Waals surface area contributed by atoms with Crippen LogP contribution >= 0.6 is 23.6 Å². The molecule has 19 heavy (non-hydrogen) atoms. The highest BCUT2D eigenvalue weighted by atomic mass is 32.1. The SMILES string of the molecule is COc1cc(-c2csc(=S)n2C)cc(OC)c1OC. The monoisotopic (exact) mass is 297 g/mol. The smallest absolute Gasteiger partial charge is 0.203 e. The number of methoxy groups -OCH3 is 3. The average Bonchev–Trinajstić information content (AvgIpc) is 2.77. The molecule has 0 radical (unpaired) electrons. The predicted molar refractivity (Wildman–Crippen MR) is 79.2 cm³/mol. The van der Waals surface area contributed by atoms with Gasteiger partial charge < -0.3 is 18.8 Å². The van der Waals surface area contributed by atoms with Crippen molar-refractivity contribution < 1.29 is 14.2 Å². The van der Waals surface area contributed by atoms with E-state index in [1.54, 1.807) is 21.3 Å². The molecule has 0 N–H and O–H groups in total. The van der Waals surface area contributed by atoms with Gasteiger partial charge >= 0.3 is 0 Å². The molecule has 102 valence electrons. The van der Waals surface area contributed by atoms with Crippen molar-refractivity contribution in [2.75, 3.05) is 21.3 Å². The third-order valence-corrected chi connectivity index (χ3v) is 4.25. The first kappa shape index (κ1) is 13.9. The molecule has 0 atom stereocenters. The minimum absolute atomic E-state index is 0.588.